The first-order valence-corrected chi connectivity index (χ1v) is 6.56. The fraction of sp³-hybridized carbons (Fsp3) is 0.538. The number of likely N-dealkylation sites (N-methyl/N-ethyl adjacent to an activating group) is 1. The van der Waals surface area contributed by atoms with Gasteiger partial charge in [0.25, 0.3) is 0 Å². The average Bonchev–Trinajstić information content (AvgIpc) is 2.15. The molecular weight excluding hydrogens is 264 g/mol. The normalized spacial score (nSPS) is 19.6. The summed E-state index contributed by atoms with van der Waals surface area (Å²) in [5, 5.41) is 3.64. The highest BCUT2D eigenvalue weighted by atomic mass is 79.9. The van der Waals surface area contributed by atoms with Gasteiger partial charge in [0.2, 0.25) is 0 Å². The maximum absolute atomic E-state index is 3.65. The molecule has 0 spiro atoms. The summed E-state index contributed by atoms with van der Waals surface area (Å²) in [6.07, 6.45) is 0. The molecule has 1 aliphatic heterocycles. The molecule has 1 heterocycles. The predicted octanol–water partition coefficient (Wildman–Crippen LogP) is 3.64. The molecule has 0 aromatic heterocycles. The second-order valence-corrected chi connectivity index (χ2v) is 5.87. The highest BCUT2D eigenvalue weighted by Crippen LogP contribution is 2.38. The van der Waals surface area contributed by atoms with Crippen molar-refractivity contribution in [1.29, 1.82) is 0 Å². The Bertz CT molecular complexity index is 401. The van der Waals surface area contributed by atoms with Gasteiger partial charge in [0, 0.05) is 24.1 Å². The molecule has 1 N–H and O–H groups in total. The molecule has 1 aromatic rings. The Hall–Kier alpha value is -0.700. The lowest BCUT2D eigenvalue weighted by molar-refractivity contribution is 0.514. The Kier molecular flexibility index (Phi) is 3.15. The van der Waals surface area contributed by atoms with Crippen LogP contribution in [0.4, 0.5) is 11.4 Å². The fourth-order valence-electron chi connectivity index (χ4n) is 2.24. The van der Waals surface area contributed by atoms with Gasteiger partial charge in [0.1, 0.15) is 0 Å². The van der Waals surface area contributed by atoms with Crippen molar-refractivity contribution in [2.24, 2.45) is 5.92 Å². The van der Waals surface area contributed by atoms with Gasteiger partial charge < -0.3 is 10.2 Å². The number of benzene rings is 1. The third-order valence-electron chi connectivity index (χ3n) is 3.21. The van der Waals surface area contributed by atoms with Crippen molar-refractivity contribution < 1.29 is 0 Å². The van der Waals surface area contributed by atoms with E-state index in [1.54, 1.807) is 0 Å². The Morgan fingerprint density at radius 2 is 2.12 bits per heavy atom. The van der Waals surface area contributed by atoms with Crippen LogP contribution in [0, 0.1) is 12.8 Å². The van der Waals surface area contributed by atoms with E-state index in [4.69, 9.17) is 0 Å². The first kappa shape index (κ1) is 11.8. The Labute approximate surface area is 106 Å². The Morgan fingerprint density at radius 1 is 1.44 bits per heavy atom. The van der Waals surface area contributed by atoms with Crippen molar-refractivity contribution in [3.8, 4) is 0 Å². The van der Waals surface area contributed by atoms with Gasteiger partial charge in [0.15, 0.2) is 0 Å². The predicted molar refractivity (Wildman–Crippen MR) is 74.4 cm³/mol. The lowest BCUT2D eigenvalue weighted by Gasteiger charge is -2.37. The molecule has 0 saturated heterocycles. The molecule has 1 aliphatic rings. The monoisotopic (exact) mass is 282 g/mol. The van der Waals surface area contributed by atoms with Gasteiger partial charge >= 0.3 is 0 Å². The second-order valence-electron chi connectivity index (χ2n) is 5.02. The van der Waals surface area contributed by atoms with Gasteiger partial charge in [-0.2, -0.15) is 0 Å². The molecule has 0 aliphatic carbocycles. The quantitative estimate of drug-likeness (QED) is 0.846. The molecule has 3 heteroatoms. The third kappa shape index (κ3) is 2.05. The van der Waals surface area contributed by atoms with Crippen LogP contribution in [0.2, 0.25) is 0 Å². The molecule has 2 rings (SSSR count). The zero-order chi connectivity index (χ0) is 11.9. The topological polar surface area (TPSA) is 15.3 Å². The molecule has 0 radical (unpaired) electrons. The Balaban J connectivity index is 2.42. The van der Waals surface area contributed by atoms with Crippen LogP contribution < -0.4 is 10.2 Å². The first-order chi connectivity index (χ1) is 7.49. The lowest BCUT2D eigenvalue weighted by atomic mass is 9.99. The number of fused-ring (bicyclic) bond motifs is 1. The summed E-state index contributed by atoms with van der Waals surface area (Å²) < 4.78 is 1.18. The van der Waals surface area contributed by atoms with Gasteiger partial charge in [-0.25, -0.2) is 0 Å². The SMILES string of the molecule is Cc1cc(Br)c2c(c1)NC(C(C)C)CN2C. The molecule has 0 saturated carbocycles. The summed E-state index contributed by atoms with van der Waals surface area (Å²) in [6.45, 7) is 7.72. The first-order valence-electron chi connectivity index (χ1n) is 5.77. The molecule has 0 fully saturated rings. The van der Waals surface area contributed by atoms with Crippen LogP contribution in [-0.2, 0) is 0 Å². The largest absolute Gasteiger partial charge is 0.379 e. The summed E-state index contributed by atoms with van der Waals surface area (Å²) in [5.41, 5.74) is 3.82. The lowest BCUT2D eigenvalue weighted by Crippen LogP contribution is -2.42. The maximum atomic E-state index is 3.65. The van der Waals surface area contributed by atoms with Crippen LogP contribution in [0.5, 0.6) is 0 Å². The van der Waals surface area contributed by atoms with Crippen LogP contribution in [0.3, 0.4) is 0 Å². The number of nitrogens with one attached hydrogen (secondary N) is 1. The van der Waals surface area contributed by atoms with E-state index in [0.29, 0.717) is 12.0 Å². The van der Waals surface area contributed by atoms with E-state index in [9.17, 15) is 0 Å². The highest BCUT2D eigenvalue weighted by Gasteiger charge is 2.25. The third-order valence-corrected chi connectivity index (χ3v) is 3.81. The van der Waals surface area contributed by atoms with E-state index in [-0.39, 0.29) is 0 Å². The van der Waals surface area contributed by atoms with E-state index < -0.39 is 0 Å². The van der Waals surface area contributed by atoms with Crippen LogP contribution in [0.1, 0.15) is 19.4 Å². The van der Waals surface area contributed by atoms with Gasteiger partial charge in [-0.15, -0.1) is 0 Å². The van der Waals surface area contributed by atoms with Gasteiger partial charge in [-0.3, -0.25) is 0 Å². The molecule has 0 amide bonds. The minimum absolute atomic E-state index is 0.534. The number of hydrogen-bond donors (Lipinski definition) is 1. The molecule has 1 atom stereocenters. The smallest absolute Gasteiger partial charge is 0.0744 e. The fourth-order valence-corrected chi connectivity index (χ4v) is 3.12. The van der Waals surface area contributed by atoms with Gasteiger partial charge in [0.05, 0.1) is 11.4 Å². The van der Waals surface area contributed by atoms with Crippen molar-refractivity contribution in [3.05, 3.63) is 22.2 Å². The second kappa shape index (κ2) is 4.28. The van der Waals surface area contributed by atoms with E-state index >= 15 is 0 Å². The zero-order valence-corrected chi connectivity index (χ0v) is 11.9. The summed E-state index contributed by atoms with van der Waals surface area (Å²) in [4.78, 5) is 2.33. The highest BCUT2D eigenvalue weighted by molar-refractivity contribution is 9.10. The summed E-state index contributed by atoms with van der Waals surface area (Å²) in [7, 11) is 2.16. The number of hydrogen-bond acceptors (Lipinski definition) is 2. The minimum atomic E-state index is 0.534. The molecule has 1 aromatic carbocycles. The van der Waals surface area contributed by atoms with Gasteiger partial charge in [-0.1, -0.05) is 13.8 Å². The average molecular weight is 283 g/mol. The number of rotatable bonds is 1. The molecule has 16 heavy (non-hydrogen) atoms. The standard InChI is InChI=1S/C13H19BrN2/c1-8(2)12-7-16(4)13-10(14)5-9(3)6-11(13)15-12/h5-6,8,12,15H,7H2,1-4H3. The molecule has 88 valence electrons. The number of nitrogens with zero attached hydrogens (tertiary/aromatic N) is 1. The van der Waals surface area contributed by atoms with Crippen LogP contribution in [0.25, 0.3) is 0 Å². The molecule has 2 nitrogen and oxygen atoms in total. The van der Waals surface area contributed by atoms with E-state index in [2.05, 4.69) is 66.1 Å². The van der Waals surface area contributed by atoms with E-state index in [1.807, 2.05) is 0 Å². The van der Waals surface area contributed by atoms with E-state index in [0.717, 1.165) is 6.54 Å². The zero-order valence-electron chi connectivity index (χ0n) is 10.3. The molecule has 1 unspecified atom stereocenters. The summed E-state index contributed by atoms with van der Waals surface area (Å²) in [6, 6.07) is 4.93. The van der Waals surface area contributed by atoms with Crippen molar-refractivity contribution >= 4 is 27.3 Å². The van der Waals surface area contributed by atoms with Crippen molar-refractivity contribution in [3.63, 3.8) is 0 Å². The van der Waals surface area contributed by atoms with Crippen LogP contribution in [0.15, 0.2) is 16.6 Å². The van der Waals surface area contributed by atoms with Crippen molar-refractivity contribution in [1.82, 2.24) is 0 Å². The number of aryl methyl sites for hydroxylation is 1. The summed E-state index contributed by atoms with van der Waals surface area (Å²) >= 11 is 3.65. The van der Waals surface area contributed by atoms with Crippen molar-refractivity contribution in [2.45, 2.75) is 26.8 Å². The van der Waals surface area contributed by atoms with Crippen molar-refractivity contribution in [2.75, 3.05) is 23.8 Å². The molecular formula is C13H19BrN2. The van der Waals surface area contributed by atoms with Gasteiger partial charge in [-0.05, 0) is 46.5 Å². The summed E-state index contributed by atoms with van der Waals surface area (Å²) in [5.74, 6) is 0.648. The minimum Gasteiger partial charge on any atom is -0.379 e. The van der Waals surface area contributed by atoms with Crippen LogP contribution >= 0.6 is 15.9 Å². The van der Waals surface area contributed by atoms with Crippen LogP contribution in [-0.4, -0.2) is 19.6 Å². The Morgan fingerprint density at radius 3 is 2.75 bits per heavy atom. The van der Waals surface area contributed by atoms with E-state index in [1.165, 1.54) is 21.4 Å². The number of halogens is 1. The maximum Gasteiger partial charge on any atom is 0.0744 e. The molecule has 0 bridgehead atoms. The number of anilines is 2.